The minimum atomic E-state index is 0. The quantitative estimate of drug-likeness (QED) is 0.402. The maximum absolute atomic E-state index is 5.59. The van der Waals surface area contributed by atoms with Crippen molar-refractivity contribution >= 4 is 10.3 Å². The summed E-state index contributed by atoms with van der Waals surface area (Å²) < 4.78 is 7.58. The van der Waals surface area contributed by atoms with E-state index in [2.05, 4.69) is 103 Å². The summed E-state index contributed by atoms with van der Waals surface area (Å²) in [5, 5.41) is 0. The van der Waals surface area contributed by atoms with Crippen LogP contribution >= 0.6 is 0 Å². The van der Waals surface area contributed by atoms with Crippen molar-refractivity contribution in [3.63, 3.8) is 0 Å². The fourth-order valence-corrected chi connectivity index (χ4v) is 5.06. The number of rotatable bonds is 4. The van der Waals surface area contributed by atoms with Gasteiger partial charge in [-0.25, -0.2) is 6.54 Å². The van der Waals surface area contributed by atoms with E-state index in [1.807, 2.05) is 42.7 Å². The summed E-state index contributed by atoms with van der Waals surface area (Å²) in [4.78, 5) is 2.53. The minimum absolute atomic E-state index is 0. The molecular formula is C29H42ClNORu-. The molecule has 0 atom stereocenters. The van der Waals surface area contributed by atoms with E-state index in [0.717, 1.165) is 11.3 Å². The summed E-state index contributed by atoms with van der Waals surface area (Å²) in [5.74, 6) is 0.950. The molecule has 1 aliphatic rings. The number of aryl methyl sites for hydroxylation is 1. The van der Waals surface area contributed by atoms with Crippen molar-refractivity contribution in [2.75, 3.05) is 4.90 Å². The number of benzene rings is 2. The number of ether oxygens (including phenoxy) is 1. The molecule has 1 aliphatic heterocycles. The molecule has 2 aromatic rings. The number of hydrogen-bond acceptors (Lipinski definition) is 2. The monoisotopic (exact) mass is 557 g/mol. The summed E-state index contributed by atoms with van der Waals surface area (Å²) in [7, 11) is 0. The summed E-state index contributed by atoms with van der Waals surface area (Å²) in [6.07, 6.45) is 1.43. The number of para-hydroxylation sites is 2. The Morgan fingerprint density at radius 2 is 1.64 bits per heavy atom. The van der Waals surface area contributed by atoms with Gasteiger partial charge in [-0.2, -0.15) is 0 Å². The topological polar surface area (TPSA) is 12.5 Å². The molecule has 0 amide bonds. The number of nitrogens with zero attached hydrogens (tertiary/aromatic N) is 1. The Labute approximate surface area is 219 Å². The average molecular weight is 557 g/mol. The molecule has 1 saturated heterocycles. The molecule has 0 spiro atoms. The molecule has 0 aliphatic carbocycles. The molecule has 0 radical (unpaired) electrons. The van der Waals surface area contributed by atoms with Gasteiger partial charge in [0.25, 0.3) is 0 Å². The normalized spacial score (nSPS) is 16.5. The predicted octanol–water partition coefficient (Wildman–Crippen LogP) is 4.64. The van der Waals surface area contributed by atoms with Gasteiger partial charge in [-0.15, -0.1) is 5.41 Å². The van der Waals surface area contributed by atoms with Crippen molar-refractivity contribution < 1.29 is 35.0 Å². The Morgan fingerprint density at radius 1 is 1.03 bits per heavy atom. The van der Waals surface area contributed by atoms with Gasteiger partial charge in [0.1, 0.15) is 0 Å². The fraction of sp³-hybridized carbons (Fsp3) is 0.517. The van der Waals surface area contributed by atoms with Crippen LogP contribution in [0.5, 0.6) is 5.75 Å². The van der Waals surface area contributed by atoms with Gasteiger partial charge in [-0.1, -0.05) is 59.2 Å². The maximum atomic E-state index is 5.59. The molecule has 33 heavy (non-hydrogen) atoms. The van der Waals surface area contributed by atoms with Crippen molar-refractivity contribution in [2.24, 2.45) is 5.41 Å². The van der Waals surface area contributed by atoms with Crippen LogP contribution in [0.4, 0.5) is 5.69 Å². The SMILES string of the molecule is CC(C)Oc1ccccc1[CH]=[Ru+].Cc1cccc(C(C)(C)C)c1N1[CH-]C(C)(C)CC1(C)C.[Cl-]. The van der Waals surface area contributed by atoms with E-state index >= 15 is 0 Å². The molecule has 0 aromatic heterocycles. The van der Waals surface area contributed by atoms with Crippen molar-refractivity contribution in [2.45, 2.75) is 92.7 Å². The van der Waals surface area contributed by atoms with Gasteiger partial charge in [0.05, 0.1) is 0 Å². The summed E-state index contributed by atoms with van der Waals surface area (Å²) in [6.45, 7) is 25.0. The first-order valence-corrected chi connectivity index (χ1v) is 12.6. The molecule has 0 saturated carbocycles. The molecular weight excluding hydrogens is 515 g/mol. The first-order valence-electron chi connectivity index (χ1n) is 11.6. The smallest absolute Gasteiger partial charge is 0.0142 e. The summed E-state index contributed by atoms with van der Waals surface area (Å²) in [6, 6.07) is 14.7. The van der Waals surface area contributed by atoms with Gasteiger partial charge in [0.15, 0.2) is 0 Å². The van der Waals surface area contributed by atoms with Crippen LogP contribution in [0.2, 0.25) is 0 Å². The maximum Gasteiger partial charge on any atom is 0.0142 e. The first kappa shape index (κ1) is 29.9. The van der Waals surface area contributed by atoms with Gasteiger partial charge in [-0.05, 0) is 37.3 Å². The third-order valence-corrected chi connectivity index (χ3v) is 6.24. The number of hydrogen-bond donors (Lipinski definition) is 0. The molecule has 1 heterocycles. The Balaban J connectivity index is 0.000000361. The van der Waals surface area contributed by atoms with Crippen LogP contribution in [-0.4, -0.2) is 16.3 Å². The average Bonchev–Trinajstić information content (AvgIpc) is 2.88. The van der Waals surface area contributed by atoms with Crippen molar-refractivity contribution in [1.82, 2.24) is 0 Å². The summed E-state index contributed by atoms with van der Waals surface area (Å²) >= 11 is 2.49. The van der Waals surface area contributed by atoms with Gasteiger partial charge >= 0.3 is 82.7 Å². The van der Waals surface area contributed by atoms with Crippen LogP contribution < -0.4 is 22.0 Å². The fourth-order valence-electron chi connectivity index (χ4n) is 4.65. The van der Waals surface area contributed by atoms with Gasteiger partial charge in [0, 0.05) is 11.2 Å². The van der Waals surface area contributed by atoms with E-state index in [1.165, 1.54) is 23.2 Å². The predicted molar refractivity (Wildman–Crippen MR) is 137 cm³/mol. The molecule has 0 unspecified atom stereocenters. The van der Waals surface area contributed by atoms with E-state index in [4.69, 9.17) is 4.74 Å². The Hall–Kier alpha value is -1.18. The zero-order chi connectivity index (χ0) is 24.3. The number of halogens is 1. The second kappa shape index (κ2) is 11.5. The van der Waals surface area contributed by atoms with Gasteiger partial charge < -0.3 is 17.3 Å². The number of anilines is 1. The van der Waals surface area contributed by atoms with E-state index in [-0.39, 0.29) is 34.9 Å². The Morgan fingerprint density at radius 3 is 2.12 bits per heavy atom. The summed E-state index contributed by atoms with van der Waals surface area (Å²) in [5.41, 5.74) is 5.96. The standard InChI is InChI=1S/C19H30N.C10H12O.ClH.Ru/c1-14-10-9-11-15(17(2,3)4)16(14)20-13-18(5,6)12-19(20,7)8;1-8(2)11-10-7-5-4-6-9(10)3;;/h9-11,13H,12H2,1-8H3;3-8H,1-2H3;1H;/q-1;;;+1/p-1. The minimum Gasteiger partial charge on any atom is -1.00 e. The van der Waals surface area contributed by atoms with Crippen LogP contribution in [0.3, 0.4) is 0 Å². The van der Waals surface area contributed by atoms with E-state index in [9.17, 15) is 0 Å². The van der Waals surface area contributed by atoms with Crippen molar-refractivity contribution in [1.29, 1.82) is 0 Å². The molecule has 1 fully saturated rings. The van der Waals surface area contributed by atoms with Crippen LogP contribution in [0.1, 0.15) is 85.4 Å². The van der Waals surface area contributed by atoms with Gasteiger partial charge in [0.2, 0.25) is 0 Å². The van der Waals surface area contributed by atoms with Crippen molar-refractivity contribution in [3.8, 4) is 5.75 Å². The molecule has 0 bridgehead atoms. The first-order chi connectivity index (χ1) is 14.7. The Bertz CT molecular complexity index is 927. The van der Waals surface area contributed by atoms with Gasteiger partial charge in [-0.3, -0.25) is 0 Å². The van der Waals surface area contributed by atoms with Crippen LogP contribution in [0, 0.1) is 18.9 Å². The van der Waals surface area contributed by atoms with Crippen molar-refractivity contribution in [3.05, 3.63) is 65.7 Å². The Kier molecular flexibility index (Phi) is 10.4. The zero-order valence-corrected chi connectivity index (χ0v) is 24.6. The molecule has 185 valence electrons. The van der Waals surface area contributed by atoms with E-state index in [1.54, 1.807) is 0 Å². The van der Waals surface area contributed by atoms with Crippen LogP contribution in [0.25, 0.3) is 0 Å². The van der Waals surface area contributed by atoms with E-state index < -0.39 is 0 Å². The molecule has 0 N–H and O–H groups in total. The molecule has 3 rings (SSSR count). The molecule has 2 aromatic carbocycles. The zero-order valence-electron chi connectivity index (χ0n) is 22.1. The third-order valence-electron chi connectivity index (χ3n) is 5.70. The molecule has 2 nitrogen and oxygen atoms in total. The molecule has 4 heteroatoms. The van der Waals surface area contributed by atoms with Crippen LogP contribution in [0.15, 0.2) is 42.5 Å². The van der Waals surface area contributed by atoms with E-state index in [0.29, 0.717) is 0 Å². The van der Waals surface area contributed by atoms with Crippen LogP contribution in [-0.2, 0) is 23.3 Å². The second-order valence-electron chi connectivity index (χ2n) is 11.5. The third kappa shape index (κ3) is 7.93. The largest absolute Gasteiger partial charge is 1.00 e. The second-order valence-corrected chi connectivity index (χ2v) is 12.0.